The highest BCUT2D eigenvalue weighted by atomic mass is 32.2. The fourth-order valence-electron chi connectivity index (χ4n) is 3.54. The smallest absolute Gasteiger partial charge is 0.260 e. The first-order valence-electron chi connectivity index (χ1n) is 8.75. The van der Waals surface area contributed by atoms with Gasteiger partial charge in [-0.2, -0.15) is 4.31 Å². The SMILES string of the molecule is CC(C)Cn1c(C2CCN(S(=O)(=O)c3cnc[nH]3)C2)nc2ccncc21. The number of hydrogen-bond donors (Lipinski definition) is 1. The molecule has 1 atom stereocenters. The Morgan fingerprint density at radius 2 is 2.15 bits per heavy atom. The highest BCUT2D eigenvalue weighted by molar-refractivity contribution is 7.89. The van der Waals surface area contributed by atoms with Crippen molar-refractivity contribution in [3.05, 3.63) is 36.8 Å². The Morgan fingerprint density at radius 1 is 1.31 bits per heavy atom. The number of H-pyrrole nitrogens is 1. The second kappa shape index (κ2) is 6.48. The summed E-state index contributed by atoms with van der Waals surface area (Å²) in [5.74, 6) is 1.47. The minimum atomic E-state index is -3.54. The van der Waals surface area contributed by atoms with Crippen molar-refractivity contribution in [3.8, 4) is 0 Å². The molecule has 1 unspecified atom stereocenters. The minimum Gasteiger partial charge on any atom is -0.335 e. The van der Waals surface area contributed by atoms with Crippen LogP contribution in [0, 0.1) is 5.92 Å². The van der Waals surface area contributed by atoms with Crippen molar-refractivity contribution in [1.29, 1.82) is 0 Å². The Morgan fingerprint density at radius 3 is 2.88 bits per heavy atom. The highest BCUT2D eigenvalue weighted by Crippen LogP contribution is 2.32. The van der Waals surface area contributed by atoms with Crippen LogP contribution in [0.4, 0.5) is 0 Å². The van der Waals surface area contributed by atoms with E-state index in [4.69, 9.17) is 4.98 Å². The average Bonchev–Trinajstić information content (AvgIpc) is 3.35. The molecule has 4 rings (SSSR count). The van der Waals surface area contributed by atoms with Gasteiger partial charge in [0.1, 0.15) is 5.82 Å². The zero-order chi connectivity index (χ0) is 18.3. The second-order valence-electron chi connectivity index (χ2n) is 7.10. The predicted octanol–water partition coefficient (Wildman–Crippen LogP) is 1.99. The zero-order valence-corrected chi connectivity index (χ0v) is 15.6. The molecule has 4 heterocycles. The van der Waals surface area contributed by atoms with Gasteiger partial charge in [0.15, 0.2) is 5.03 Å². The molecule has 8 nitrogen and oxygen atoms in total. The van der Waals surface area contributed by atoms with Crippen LogP contribution in [-0.2, 0) is 16.6 Å². The molecule has 26 heavy (non-hydrogen) atoms. The number of fused-ring (bicyclic) bond motifs is 1. The van der Waals surface area contributed by atoms with Gasteiger partial charge in [-0.15, -0.1) is 0 Å². The van der Waals surface area contributed by atoms with Crippen LogP contribution in [0.2, 0.25) is 0 Å². The summed E-state index contributed by atoms with van der Waals surface area (Å²) in [6.45, 7) is 6.07. The lowest BCUT2D eigenvalue weighted by Gasteiger charge is -2.17. The van der Waals surface area contributed by atoms with Crippen LogP contribution in [0.5, 0.6) is 0 Å². The maximum absolute atomic E-state index is 12.7. The van der Waals surface area contributed by atoms with Gasteiger partial charge in [-0.25, -0.2) is 18.4 Å². The lowest BCUT2D eigenvalue weighted by atomic mass is 10.1. The monoisotopic (exact) mass is 374 g/mol. The Balaban J connectivity index is 1.67. The van der Waals surface area contributed by atoms with E-state index < -0.39 is 10.0 Å². The molecule has 1 aliphatic rings. The molecule has 0 amide bonds. The summed E-state index contributed by atoms with van der Waals surface area (Å²) >= 11 is 0. The van der Waals surface area contributed by atoms with Crippen LogP contribution in [-0.4, -0.2) is 50.3 Å². The predicted molar refractivity (Wildman–Crippen MR) is 97.1 cm³/mol. The number of rotatable bonds is 5. The minimum absolute atomic E-state index is 0.0684. The standard InChI is InChI=1S/C17H22N6O2S/c1-12(2)9-23-15-7-18-5-3-14(15)21-17(23)13-4-6-22(10-13)26(24,25)16-8-19-11-20-16/h3,5,7-8,11-13H,4,6,9-10H2,1-2H3,(H,19,20). The molecule has 3 aromatic rings. The zero-order valence-electron chi connectivity index (χ0n) is 14.8. The van der Waals surface area contributed by atoms with Gasteiger partial charge in [0, 0.05) is 31.7 Å². The van der Waals surface area contributed by atoms with Gasteiger partial charge in [-0.05, 0) is 18.4 Å². The van der Waals surface area contributed by atoms with Crippen LogP contribution in [0.3, 0.4) is 0 Å². The number of aromatic amines is 1. The van der Waals surface area contributed by atoms with E-state index in [1.807, 2.05) is 12.3 Å². The number of aromatic nitrogens is 5. The summed E-state index contributed by atoms with van der Waals surface area (Å²) in [6.07, 6.45) is 7.06. The summed E-state index contributed by atoms with van der Waals surface area (Å²) in [5, 5.41) is 0.137. The lowest BCUT2D eigenvalue weighted by Crippen LogP contribution is -2.29. The van der Waals surface area contributed by atoms with E-state index in [2.05, 4.69) is 33.4 Å². The fraction of sp³-hybridized carbons (Fsp3) is 0.471. The Kier molecular flexibility index (Phi) is 4.28. The molecule has 1 N–H and O–H groups in total. The van der Waals surface area contributed by atoms with Crippen LogP contribution < -0.4 is 0 Å². The van der Waals surface area contributed by atoms with Gasteiger partial charge in [0.2, 0.25) is 0 Å². The lowest BCUT2D eigenvalue weighted by molar-refractivity contribution is 0.461. The van der Waals surface area contributed by atoms with Crippen LogP contribution in [0.25, 0.3) is 11.0 Å². The molecular weight excluding hydrogens is 352 g/mol. The Bertz CT molecular complexity index is 1010. The van der Waals surface area contributed by atoms with E-state index in [-0.39, 0.29) is 10.9 Å². The van der Waals surface area contributed by atoms with Gasteiger partial charge < -0.3 is 9.55 Å². The third kappa shape index (κ3) is 2.90. The molecule has 0 radical (unpaired) electrons. The maximum Gasteiger partial charge on any atom is 0.260 e. The molecule has 0 bridgehead atoms. The fourth-order valence-corrected chi connectivity index (χ4v) is 4.93. The van der Waals surface area contributed by atoms with E-state index in [1.54, 1.807) is 6.20 Å². The summed E-state index contributed by atoms with van der Waals surface area (Å²) in [5.41, 5.74) is 1.91. The molecule has 1 fully saturated rings. The number of hydrogen-bond acceptors (Lipinski definition) is 5. The number of imidazole rings is 2. The normalized spacial score (nSPS) is 19.0. The van der Waals surface area contributed by atoms with Gasteiger partial charge in [0.05, 0.1) is 29.8 Å². The van der Waals surface area contributed by atoms with E-state index in [9.17, 15) is 8.42 Å². The number of pyridine rings is 1. The van der Waals surface area contributed by atoms with E-state index in [1.165, 1.54) is 16.8 Å². The van der Waals surface area contributed by atoms with Gasteiger partial charge in [-0.3, -0.25) is 4.98 Å². The Hall–Kier alpha value is -2.26. The van der Waals surface area contributed by atoms with Crippen molar-refractivity contribution in [1.82, 2.24) is 28.8 Å². The summed E-state index contributed by atoms with van der Waals surface area (Å²) in [6, 6.07) is 1.91. The molecule has 3 aromatic heterocycles. The van der Waals surface area contributed by atoms with E-state index in [0.29, 0.717) is 19.0 Å². The van der Waals surface area contributed by atoms with Gasteiger partial charge >= 0.3 is 0 Å². The quantitative estimate of drug-likeness (QED) is 0.737. The van der Waals surface area contributed by atoms with Crippen LogP contribution in [0.15, 0.2) is 36.0 Å². The molecular formula is C17H22N6O2S. The molecule has 0 saturated carbocycles. The van der Waals surface area contributed by atoms with Crippen molar-refractivity contribution >= 4 is 21.1 Å². The van der Waals surface area contributed by atoms with E-state index >= 15 is 0 Å². The van der Waals surface area contributed by atoms with Gasteiger partial charge in [-0.1, -0.05) is 13.8 Å². The molecule has 0 spiro atoms. The van der Waals surface area contributed by atoms with Crippen molar-refractivity contribution in [2.75, 3.05) is 13.1 Å². The summed E-state index contributed by atoms with van der Waals surface area (Å²) < 4.78 is 29.2. The summed E-state index contributed by atoms with van der Waals surface area (Å²) in [4.78, 5) is 15.6. The van der Waals surface area contributed by atoms with Gasteiger partial charge in [0.25, 0.3) is 10.0 Å². The third-order valence-corrected chi connectivity index (χ3v) is 6.53. The summed E-state index contributed by atoms with van der Waals surface area (Å²) in [7, 11) is -3.54. The highest BCUT2D eigenvalue weighted by Gasteiger charge is 2.36. The number of sulfonamides is 1. The number of nitrogens with zero attached hydrogens (tertiary/aromatic N) is 5. The first-order valence-corrected chi connectivity index (χ1v) is 10.2. The van der Waals surface area contributed by atoms with E-state index in [0.717, 1.165) is 29.8 Å². The topological polar surface area (TPSA) is 96.8 Å². The molecule has 138 valence electrons. The van der Waals surface area contributed by atoms with Crippen molar-refractivity contribution in [3.63, 3.8) is 0 Å². The average molecular weight is 374 g/mol. The molecule has 1 aliphatic heterocycles. The second-order valence-corrected chi connectivity index (χ2v) is 9.01. The molecule has 0 aromatic carbocycles. The van der Waals surface area contributed by atoms with Crippen molar-refractivity contribution in [2.24, 2.45) is 5.92 Å². The molecule has 1 saturated heterocycles. The maximum atomic E-state index is 12.7. The van der Waals surface area contributed by atoms with Crippen LogP contribution >= 0.6 is 0 Å². The first-order chi connectivity index (χ1) is 12.5. The van der Waals surface area contributed by atoms with Crippen molar-refractivity contribution in [2.45, 2.75) is 37.8 Å². The largest absolute Gasteiger partial charge is 0.335 e. The number of nitrogens with one attached hydrogen (secondary N) is 1. The Labute approximate surface area is 152 Å². The first kappa shape index (κ1) is 17.2. The molecule has 9 heteroatoms. The molecule has 0 aliphatic carbocycles. The van der Waals surface area contributed by atoms with Crippen molar-refractivity contribution < 1.29 is 8.42 Å². The van der Waals surface area contributed by atoms with Crippen LogP contribution in [0.1, 0.15) is 32.0 Å². The third-order valence-electron chi connectivity index (χ3n) is 4.73.